The fourth-order valence-corrected chi connectivity index (χ4v) is 4.86. The van der Waals surface area contributed by atoms with E-state index in [-0.39, 0.29) is 10.1 Å². The largest absolute Gasteiger partial charge is 0.416 e. The summed E-state index contributed by atoms with van der Waals surface area (Å²) in [5.74, 6) is -2.84. The van der Waals surface area contributed by atoms with Gasteiger partial charge in [0.25, 0.3) is 0 Å². The second-order valence-corrected chi connectivity index (χ2v) is 13.2. The lowest BCUT2D eigenvalue weighted by molar-refractivity contribution is -0.347. The first-order chi connectivity index (χ1) is 25.6. The highest BCUT2D eigenvalue weighted by Crippen LogP contribution is 2.53. The Labute approximate surface area is 284 Å². The van der Waals surface area contributed by atoms with Gasteiger partial charge in [-0.2, -0.15) is 31.4 Å². The summed E-state index contributed by atoms with van der Waals surface area (Å²) in [4.78, 5) is 12.8. The third-order valence-electron chi connectivity index (χ3n) is 8.67. The van der Waals surface area contributed by atoms with E-state index in [2.05, 4.69) is 5.10 Å². The van der Waals surface area contributed by atoms with Crippen LogP contribution in [0.25, 0.3) is 0 Å². The van der Waals surface area contributed by atoms with Crippen LogP contribution >= 0.6 is 0 Å². The molecule has 7 nitrogen and oxygen atoms in total. The minimum absolute atomic E-state index is 0.182. The van der Waals surface area contributed by atoms with E-state index in [1.165, 1.54) is 48.5 Å². The summed E-state index contributed by atoms with van der Waals surface area (Å²) in [6.07, 6.45) is -15.2. The summed E-state index contributed by atoms with van der Waals surface area (Å²) in [6, 6.07) is -11.3. The van der Waals surface area contributed by atoms with Crippen molar-refractivity contribution in [3.05, 3.63) is 85.7 Å². The van der Waals surface area contributed by atoms with E-state index < -0.39 is 134 Å². The van der Waals surface area contributed by atoms with Crippen LogP contribution in [0.3, 0.4) is 0 Å². The first kappa shape index (κ1) is 24.0. The highest BCUT2D eigenvalue weighted by molar-refractivity contribution is 5.45. The van der Waals surface area contributed by atoms with Crippen molar-refractivity contribution in [2.45, 2.75) is 117 Å². The number of benzene rings is 2. The number of alkyl halides is 6. The molecule has 2 N–H and O–H groups in total. The zero-order valence-corrected chi connectivity index (χ0v) is 27.2. The number of ether oxygens (including phenoxy) is 2. The smallest absolute Gasteiger partial charge is 0.343 e. The zero-order valence-electron chi connectivity index (χ0n) is 38.2. The lowest BCUT2D eigenvalue weighted by atomic mass is 9.70. The van der Waals surface area contributed by atoms with Gasteiger partial charge in [-0.3, -0.25) is 9.88 Å². The van der Waals surface area contributed by atoms with Crippen LogP contribution in [0.2, 0.25) is 2.82 Å². The number of nitrogens with one attached hydrogen (secondary N) is 2. The van der Waals surface area contributed by atoms with Crippen LogP contribution in [-0.4, -0.2) is 37.5 Å². The Balaban J connectivity index is 2.36. The topological polar surface area (TPSA) is 83.2 Å². The number of rotatable bonds is 6. The number of H-pyrrole nitrogens is 2. The highest BCUT2D eigenvalue weighted by atomic mass is 19.4. The molecule has 0 amide bonds. The molecule has 1 aliphatic heterocycles. The van der Waals surface area contributed by atoms with Gasteiger partial charge in [-0.15, -0.1) is 0 Å². The molecular formula is C33H41F7N4O3. The van der Waals surface area contributed by atoms with Crippen molar-refractivity contribution < 1.29 is 55.4 Å². The molecule has 14 heteroatoms. The Morgan fingerprint density at radius 1 is 1.04 bits per heavy atom. The van der Waals surface area contributed by atoms with Crippen molar-refractivity contribution in [3.8, 4) is 0 Å². The van der Waals surface area contributed by atoms with Crippen molar-refractivity contribution in [1.82, 2.24) is 20.1 Å². The van der Waals surface area contributed by atoms with E-state index in [0.717, 1.165) is 13.8 Å². The van der Waals surface area contributed by atoms with E-state index in [1.54, 1.807) is 0 Å². The molecule has 0 bridgehead atoms. The number of aromatic amines is 2. The van der Waals surface area contributed by atoms with Crippen LogP contribution in [0.5, 0.6) is 0 Å². The van der Waals surface area contributed by atoms with Gasteiger partial charge in [0.2, 0.25) is 0 Å². The fourth-order valence-electron chi connectivity index (χ4n) is 4.86. The van der Waals surface area contributed by atoms with Gasteiger partial charge < -0.3 is 9.47 Å². The molecule has 1 fully saturated rings. The van der Waals surface area contributed by atoms with E-state index in [9.17, 15) is 36.6 Å². The summed E-state index contributed by atoms with van der Waals surface area (Å²) in [7, 11) is 0. The van der Waals surface area contributed by atoms with Crippen LogP contribution in [0, 0.1) is 25.1 Å². The predicted octanol–water partition coefficient (Wildman–Crippen LogP) is 8.33. The first-order valence-electron chi connectivity index (χ1n) is 19.5. The number of morpholine rings is 1. The van der Waals surface area contributed by atoms with Crippen LogP contribution in [0.15, 0.2) is 35.0 Å². The van der Waals surface area contributed by atoms with Crippen molar-refractivity contribution in [1.29, 1.82) is 0 Å². The molecular weight excluding hydrogens is 633 g/mol. The van der Waals surface area contributed by atoms with Crippen LogP contribution in [0.1, 0.15) is 113 Å². The Morgan fingerprint density at radius 2 is 1.64 bits per heavy atom. The number of aromatic nitrogens is 3. The number of halogens is 7. The van der Waals surface area contributed by atoms with Gasteiger partial charge in [-0.25, -0.2) is 14.3 Å². The van der Waals surface area contributed by atoms with Crippen LogP contribution in [0.4, 0.5) is 30.7 Å². The highest BCUT2D eigenvalue weighted by Gasteiger charge is 2.57. The van der Waals surface area contributed by atoms with E-state index in [1.807, 2.05) is 0 Å². The van der Waals surface area contributed by atoms with Crippen LogP contribution in [-0.2, 0) is 33.9 Å². The fraction of sp³-hybridized carbons (Fsp3) is 0.576. The third kappa shape index (κ3) is 6.73. The van der Waals surface area contributed by atoms with Gasteiger partial charge in [-0.05, 0) is 100 Å². The molecule has 1 aromatic heterocycles. The van der Waals surface area contributed by atoms with Gasteiger partial charge in [0.05, 0.1) is 47.2 Å². The SMILES string of the molecule is [2H]c1c([2H])c([C@]2([2H])N(C([2H])([2H])c3nn([2H])c(=O)n3[2H])C(C)(C)C(C)(C)O[C@]2([2H])O[C@@](C)(c2c([2H])c(C(F)(F)F)c([2H])c(C(F)(F)F)c2C)C(C)(C)C)c(C)c([2H])c1F. The number of hydrogen-bond acceptors (Lipinski definition) is 5. The number of nitrogens with zero attached hydrogens (tertiary/aromatic N) is 2. The Bertz CT molecular complexity index is 2190. The molecule has 0 spiro atoms. The average Bonchev–Trinajstić information content (AvgIpc) is 3.27. The normalized spacial score (nSPS) is 28.7. The second kappa shape index (κ2) is 11.7. The molecule has 1 saturated heterocycles. The summed E-state index contributed by atoms with van der Waals surface area (Å²) in [5, 5.41) is 3.30. The van der Waals surface area contributed by atoms with Crippen molar-refractivity contribution in [2.75, 3.05) is 0 Å². The molecule has 1 aliphatic rings. The second-order valence-electron chi connectivity index (χ2n) is 13.2. The number of hydrogen-bond donors (Lipinski definition) is 2. The Hall–Kier alpha value is -3.23. The van der Waals surface area contributed by atoms with Gasteiger partial charge in [0.1, 0.15) is 11.6 Å². The lowest BCUT2D eigenvalue weighted by Gasteiger charge is -2.60. The van der Waals surface area contributed by atoms with E-state index >= 15 is 4.39 Å². The molecule has 2 heterocycles. The molecule has 0 saturated carbocycles. The van der Waals surface area contributed by atoms with E-state index in [0.29, 0.717) is 11.8 Å². The Kier molecular flexibility index (Phi) is 5.99. The molecule has 0 unspecified atom stereocenters. The molecule has 260 valence electrons. The standard InChI is InChI=1S/C33H41F7N4O3/c1-17-13-20(34)11-12-21(17)25-26(46-30(8,9)29(6,7)44(25)16-24-41-27(45)43-42-24)47-31(10,28(3,4)5)22-14-19(32(35,36)37)15-23(18(22)2)33(38,39)40/h11-15,25-26H,16H2,1-10H3,(H2,41,42,43,45)/t25-,26+,31-/m0/s1/i11D,12D,13D,14D,15D,16D2,25D,26D/hD2. The minimum Gasteiger partial charge on any atom is -0.343 e. The first-order valence-corrected chi connectivity index (χ1v) is 14.1. The van der Waals surface area contributed by atoms with Crippen LogP contribution < -0.4 is 5.69 Å². The molecule has 3 atom stereocenters. The van der Waals surface area contributed by atoms with E-state index in [4.69, 9.17) is 19.2 Å². The van der Waals surface area contributed by atoms with Crippen molar-refractivity contribution >= 4 is 0 Å². The summed E-state index contributed by atoms with van der Waals surface area (Å²) < 4.78 is 213. The maximum atomic E-state index is 15.3. The Morgan fingerprint density at radius 3 is 2.15 bits per heavy atom. The third-order valence-corrected chi connectivity index (χ3v) is 8.67. The minimum atomic E-state index is -5.75. The molecule has 47 heavy (non-hydrogen) atoms. The predicted molar refractivity (Wildman–Crippen MR) is 161 cm³/mol. The van der Waals surface area contributed by atoms with Gasteiger partial charge in [0.15, 0.2) is 9.09 Å². The molecule has 4 rings (SSSR count). The summed E-state index contributed by atoms with van der Waals surface area (Å²) in [5.41, 5.74) is -19.0. The molecule has 0 aliphatic carbocycles. The van der Waals surface area contributed by atoms with Crippen molar-refractivity contribution in [2.24, 2.45) is 5.41 Å². The maximum Gasteiger partial charge on any atom is 0.416 e. The van der Waals surface area contributed by atoms with Crippen molar-refractivity contribution in [3.63, 3.8) is 0 Å². The zero-order chi connectivity index (χ0) is 45.4. The summed E-state index contributed by atoms with van der Waals surface area (Å²) in [6.45, 7) is 7.37. The lowest BCUT2D eigenvalue weighted by Crippen LogP contribution is -2.68. The molecule has 2 aromatic carbocycles. The van der Waals surface area contributed by atoms with Gasteiger partial charge in [-0.1, -0.05) is 26.8 Å². The quantitative estimate of drug-likeness (QED) is 0.255. The maximum absolute atomic E-state index is 15.3. The monoisotopic (exact) mass is 685 g/mol. The van der Waals surface area contributed by atoms with Gasteiger partial charge >= 0.3 is 18.0 Å². The van der Waals surface area contributed by atoms with Gasteiger partial charge in [0, 0.05) is 5.54 Å². The summed E-state index contributed by atoms with van der Waals surface area (Å²) >= 11 is 0. The molecule has 3 aromatic rings. The molecule has 0 radical (unpaired) electrons. The average molecular weight is 686 g/mol.